The van der Waals surface area contributed by atoms with Gasteiger partial charge in [0.2, 0.25) is 11.6 Å². The quantitative estimate of drug-likeness (QED) is 0.339. The zero-order chi connectivity index (χ0) is 24.8. The minimum atomic E-state index is -0.531. The van der Waals surface area contributed by atoms with Crippen molar-refractivity contribution in [2.24, 2.45) is 5.10 Å². The molecular formula is C22H29N9O4. The molecule has 3 N–H and O–H groups in total. The molecule has 1 aromatic carbocycles. The van der Waals surface area contributed by atoms with E-state index in [0.29, 0.717) is 35.3 Å². The number of methoxy groups -OCH3 is 2. The third kappa shape index (κ3) is 5.40. The topological polar surface area (TPSA) is 159 Å². The minimum Gasteiger partial charge on any atom is -0.497 e. The molecule has 2 heterocycles. The van der Waals surface area contributed by atoms with Gasteiger partial charge in [0.1, 0.15) is 11.5 Å². The molecule has 0 unspecified atom stereocenters. The molecule has 13 nitrogen and oxygen atoms in total. The number of hydrogen-bond donors (Lipinski definition) is 2. The third-order valence-electron chi connectivity index (χ3n) is 6.08. The van der Waals surface area contributed by atoms with Crippen LogP contribution in [0, 0.1) is 0 Å². The summed E-state index contributed by atoms with van der Waals surface area (Å²) in [4.78, 5) is 15.2. The molecule has 0 aliphatic heterocycles. The van der Waals surface area contributed by atoms with E-state index >= 15 is 0 Å². The van der Waals surface area contributed by atoms with Crippen LogP contribution in [0.4, 0.5) is 5.82 Å². The summed E-state index contributed by atoms with van der Waals surface area (Å²) in [5, 5.41) is 19.7. The first-order chi connectivity index (χ1) is 17.0. The molecule has 1 aliphatic carbocycles. The first kappa shape index (κ1) is 24.1. The second-order valence-electron chi connectivity index (χ2n) is 8.28. The summed E-state index contributed by atoms with van der Waals surface area (Å²) in [6.07, 6.45) is 7.27. The molecule has 1 aliphatic rings. The Hall–Kier alpha value is -4.00. The number of ether oxygens (including phenoxy) is 2. The first-order valence-corrected chi connectivity index (χ1v) is 11.3. The lowest BCUT2D eigenvalue weighted by molar-refractivity contribution is 0.0947. The number of nitrogens with one attached hydrogen (secondary N) is 1. The van der Waals surface area contributed by atoms with E-state index < -0.39 is 5.91 Å². The van der Waals surface area contributed by atoms with Crippen LogP contribution in [-0.2, 0) is 6.54 Å². The normalized spacial score (nSPS) is 14.5. The predicted octanol–water partition coefficient (Wildman–Crippen LogP) is 1.78. The number of nitrogen functional groups attached to an aromatic ring is 1. The summed E-state index contributed by atoms with van der Waals surface area (Å²) in [7, 11) is 5.14. The van der Waals surface area contributed by atoms with Crippen LogP contribution in [0.5, 0.6) is 11.5 Å². The average molecular weight is 484 g/mol. The zero-order valence-electron chi connectivity index (χ0n) is 20.0. The molecule has 0 spiro atoms. The molecule has 1 amide bonds. The maximum atomic E-state index is 13.1. The van der Waals surface area contributed by atoms with Crippen LogP contribution in [0.3, 0.4) is 0 Å². The Kier molecular flexibility index (Phi) is 7.55. The van der Waals surface area contributed by atoms with Crippen molar-refractivity contribution in [1.29, 1.82) is 0 Å². The first-order valence-electron chi connectivity index (χ1n) is 11.3. The number of amides is 1. The summed E-state index contributed by atoms with van der Waals surface area (Å²) in [6, 6.07) is 5.67. The van der Waals surface area contributed by atoms with Gasteiger partial charge in [0.25, 0.3) is 5.91 Å². The number of hydrazone groups is 1. The van der Waals surface area contributed by atoms with Crippen molar-refractivity contribution in [3.05, 3.63) is 35.2 Å². The SMILES string of the molecule is COc1ccc(OC)c(/C=N\NC(=O)c2nnn(-c3nonc3N)c2CN(C)C2CCCCC2)c1. The molecule has 3 aromatic rings. The molecule has 0 saturated heterocycles. The van der Waals surface area contributed by atoms with Gasteiger partial charge in [0.05, 0.1) is 26.1 Å². The maximum Gasteiger partial charge on any atom is 0.293 e. The highest BCUT2D eigenvalue weighted by atomic mass is 16.6. The van der Waals surface area contributed by atoms with Crippen LogP contribution >= 0.6 is 0 Å². The number of hydrogen-bond acceptors (Lipinski definition) is 11. The second kappa shape index (κ2) is 11.0. The Morgan fingerprint density at radius 3 is 2.77 bits per heavy atom. The lowest BCUT2D eigenvalue weighted by Crippen LogP contribution is -2.34. The summed E-state index contributed by atoms with van der Waals surface area (Å²) < 4.78 is 16.7. The molecule has 2 aromatic heterocycles. The van der Waals surface area contributed by atoms with Gasteiger partial charge in [-0.2, -0.15) is 9.78 Å². The van der Waals surface area contributed by atoms with Gasteiger partial charge in [0.15, 0.2) is 5.69 Å². The van der Waals surface area contributed by atoms with Crippen molar-refractivity contribution in [1.82, 2.24) is 35.6 Å². The Bertz CT molecular complexity index is 1180. The standard InChI is InChI=1S/C22H29N9O4/c1-30(15-7-5-4-6-8-15)13-17-19(25-29-31(17)21-20(23)27-35-28-21)22(32)26-24-12-14-11-16(33-2)9-10-18(14)34-3/h9-12,15H,4-8,13H2,1-3H3,(H2,23,27)(H,26,32)/b24-12-. The summed E-state index contributed by atoms with van der Waals surface area (Å²) in [6.45, 7) is 0.403. The fraction of sp³-hybridized carbons (Fsp3) is 0.455. The fourth-order valence-electron chi connectivity index (χ4n) is 4.17. The second-order valence-corrected chi connectivity index (χ2v) is 8.28. The van der Waals surface area contributed by atoms with Gasteiger partial charge in [-0.3, -0.25) is 9.69 Å². The highest BCUT2D eigenvalue weighted by molar-refractivity contribution is 5.94. The van der Waals surface area contributed by atoms with Crippen molar-refractivity contribution < 1.29 is 18.9 Å². The molecule has 4 rings (SSSR count). The van der Waals surface area contributed by atoms with Crippen LogP contribution in [0.1, 0.15) is 53.8 Å². The molecule has 13 heteroatoms. The highest BCUT2D eigenvalue weighted by Gasteiger charge is 2.27. The van der Waals surface area contributed by atoms with Gasteiger partial charge in [0, 0.05) is 18.2 Å². The lowest BCUT2D eigenvalue weighted by atomic mass is 9.94. The van der Waals surface area contributed by atoms with E-state index in [1.165, 1.54) is 30.2 Å². The van der Waals surface area contributed by atoms with E-state index in [-0.39, 0.29) is 17.3 Å². The number of aromatic nitrogens is 5. The Labute approximate surface area is 202 Å². The predicted molar refractivity (Wildman–Crippen MR) is 127 cm³/mol. The zero-order valence-corrected chi connectivity index (χ0v) is 20.0. The van der Waals surface area contributed by atoms with Gasteiger partial charge in [-0.15, -0.1) is 5.10 Å². The molecular weight excluding hydrogens is 454 g/mol. The molecule has 0 bridgehead atoms. The van der Waals surface area contributed by atoms with Crippen molar-refractivity contribution in [2.45, 2.75) is 44.7 Å². The van der Waals surface area contributed by atoms with Crippen LogP contribution in [0.2, 0.25) is 0 Å². The number of rotatable bonds is 9. The van der Waals surface area contributed by atoms with Crippen molar-refractivity contribution in [3.63, 3.8) is 0 Å². The number of carbonyl (C=O) groups excluding carboxylic acids is 1. The van der Waals surface area contributed by atoms with Crippen molar-refractivity contribution in [2.75, 3.05) is 27.0 Å². The third-order valence-corrected chi connectivity index (χ3v) is 6.08. The monoisotopic (exact) mass is 483 g/mol. The summed E-state index contributed by atoms with van der Waals surface area (Å²) >= 11 is 0. The number of nitrogens with zero attached hydrogens (tertiary/aromatic N) is 7. The largest absolute Gasteiger partial charge is 0.497 e. The number of benzene rings is 1. The molecule has 1 saturated carbocycles. The van der Waals surface area contributed by atoms with Crippen LogP contribution in [-0.4, -0.2) is 69.6 Å². The van der Waals surface area contributed by atoms with Gasteiger partial charge < -0.3 is 15.2 Å². The van der Waals surface area contributed by atoms with Crippen LogP contribution < -0.4 is 20.6 Å². The average Bonchev–Trinajstić information content (AvgIpc) is 3.49. The van der Waals surface area contributed by atoms with Crippen LogP contribution in [0.15, 0.2) is 27.9 Å². The van der Waals surface area contributed by atoms with Crippen molar-refractivity contribution >= 4 is 17.9 Å². The van der Waals surface area contributed by atoms with Crippen molar-refractivity contribution in [3.8, 4) is 17.3 Å². The van der Waals surface area contributed by atoms with E-state index in [2.05, 4.69) is 36.1 Å². The molecule has 0 atom stereocenters. The number of carbonyl (C=O) groups is 1. The lowest BCUT2D eigenvalue weighted by Gasteiger charge is -2.31. The molecule has 1 fully saturated rings. The fourth-order valence-corrected chi connectivity index (χ4v) is 4.17. The molecule has 0 radical (unpaired) electrons. The van der Waals surface area contributed by atoms with Crippen LogP contribution in [0.25, 0.3) is 5.82 Å². The number of nitrogens with two attached hydrogens (primary N) is 1. The van der Waals surface area contributed by atoms with Gasteiger partial charge in [-0.25, -0.2) is 10.1 Å². The van der Waals surface area contributed by atoms with Gasteiger partial charge in [-0.05, 0) is 48.4 Å². The van der Waals surface area contributed by atoms with Gasteiger partial charge in [-0.1, -0.05) is 24.5 Å². The van der Waals surface area contributed by atoms with E-state index in [9.17, 15) is 4.79 Å². The Balaban J connectivity index is 1.57. The highest BCUT2D eigenvalue weighted by Crippen LogP contribution is 2.25. The van der Waals surface area contributed by atoms with Gasteiger partial charge >= 0.3 is 0 Å². The Morgan fingerprint density at radius 2 is 2.09 bits per heavy atom. The van der Waals surface area contributed by atoms with E-state index in [1.54, 1.807) is 32.4 Å². The summed E-state index contributed by atoms with van der Waals surface area (Å²) in [5.41, 5.74) is 9.63. The summed E-state index contributed by atoms with van der Waals surface area (Å²) in [5.74, 6) is 0.906. The molecule has 35 heavy (non-hydrogen) atoms. The maximum absolute atomic E-state index is 13.1. The molecule has 186 valence electrons. The minimum absolute atomic E-state index is 0.0477. The van der Waals surface area contributed by atoms with E-state index in [1.807, 2.05) is 7.05 Å². The number of anilines is 1. The smallest absolute Gasteiger partial charge is 0.293 e. The Morgan fingerprint density at radius 1 is 1.29 bits per heavy atom. The van der Waals surface area contributed by atoms with E-state index in [4.69, 9.17) is 19.8 Å². The van der Waals surface area contributed by atoms with E-state index in [0.717, 1.165) is 12.8 Å².